The second kappa shape index (κ2) is 9.75. The van der Waals surface area contributed by atoms with Crippen LogP contribution in [0.5, 0.6) is 0 Å². The van der Waals surface area contributed by atoms with Crippen LogP contribution in [0, 0.1) is 18.3 Å². The summed E-state index contributed by atoms with van der Waals surface area (Å²) in [6.45, 7) is 1.38. The van der Waals surface area contributed by atoms with Crippen molar-refractivity contribution in [1.29, 1.82) is 5.26 Å². The van der Waals surface area contributed by atoms with E-state index in [1.54, 1.807) is 54.6 Å². The molecule has 1 amide bonds. The standard InChI is InChI=1S/C23H20ClN3O3S/c1-17-9-11-21(12-10-17)31(29,30)27(15-19-6-2-3-8-22(19)24)16-23(28)26-20-7-4-5-18(13-20)14-25/h2-13H,15-16H2,1H3,(H,26,28). The van der Waals surface area contributed by atoms with Gasteiger partial charge in [0.15, 0.2) is 0 Å². The molecule has 0 heterocycles. The molecule has 3 aromatic rings. The first-order valence-corrected chi connectivity index (χ1v) is 11.2. The van der Waals surface area contributed by atoms with E-state index in [0.29, 0.717) is 21.8 Å². The van der Waals surface area contributed by atoms with E-state index in [1.165, 1.54) is 18.2 Å². The van der Waals surface area contributed by atoms with Crippen LogP contribution in [0.4, 0.5) is 5.69 Å². The van der Waals surface area contributed by atoms with Crippen molar-refractivity contribution in [3.05, 3.63) is 94.5 Å². The summed E-state index contributed by atoms with van der Waals surface area (Å²) < 4.78 is 27.7. The van der Waals surface area contributed by atoms with Gasteiger partial charge < -0.3 is 5.32 Å². The second-order valence-electron chi connectivity index (χ2n) is 6.92. The van der Waals surface area contributed by atoms with Crippen molar-refractivity contribution in [2.24, 2.45) is 0 Å². The summed E-state index contributed by atoms with van der Waals surface area (Å²) in [6, 6.07) is 21.7. The van der Waals surface area contributed by atoms with Crippen molar-refractivity contribution >= 4 is 33.2 Å². The van der Waals surface area contributed by atoms with Gasteiger partial charge >= 0.3 is 0 Å². The van der Waals surface area contributed by atoms with Crippen LogP contribution in [0.1, 0.15) is 16.7 Å². The highest BCUT2D eigenvalue weighted by Crippen LogP contribution is 2.23. The Morgan fingerprint density at radius 3 is 2.45 bits per heavy atom. The normalized spacial score (nSPS) is 11.2. The number of nitrogens with one attached hydrogen (secondary N) is 1. The van der Waals surface area contributed by atoms with Crippen molar-refractivity contribution in [3.63, 3.8) is 0 Å². The van der Waals surface area contributed by atoms with Crippen molar-refractivity contribution in [2.45, 2.75) is 18.4 Å². The summed E-state index contributed by atoms with van der Waals surface area (Å²) in [5.74, 6) is -0.530. The Morgan fingerprint density at radius 2 is 1.77 bits per heavy atom. The number of carbonyl (C=O) groups excluding carboxylic acids is 1. The Hall–Kier alpha value is -3.18. The van der Waals surface area contributed by atoms with Crippen LogP contribution < -0.4 is 5.32 Å². The molecule has 0 atom stereocenters. The van der Waals surface area contributed by atoms with Crippen molar-refractivity contribution in [2.75, 3.05) is 11.9 Å². The minimum Gasteiger partial charge on any atom is -0.325 e. The maximum absolute atomic E-state index is 13.3. The lowest BCUT2D eigenvalue weighted by Gasteiger charge is -2.22. The largest absolute Gasteiger partial charge is 0.325 e. The second-order valence-corrected chi connectivity index (χ2v) is 9.26. The number of benzene rings is 3. The number of anilines is 1. The number of carbonyl (C=O) groups is 1. The monoisotopic (exact) mass is 453 g/mol. The lowest BCUT2D eigenvalue weighted by atomic mass is 10.2. The molecule has 0 radical (unpaired) electrons. The molecule has 0 aromatic heterocycles. The number of nitrogens with zero attached hydrogens (tertiary/aromatic N) is 2. The molecule has 3 aromatic carbocycles. The van der Waals surface area contributed by atoms with Gasteiger partial charge in [0.2, 0.25) is 15.9 Å². The Kier molecular flexibility index (Phi) is 7.08. The van der Waals surface area contributed by atoms with Gasteiger partial charge in [-0.05, 0) is 48.9 Å². The van der Waals surface area contributed by atoms with Gasteiger partial charge in [0.05, 0.1) is 23.1 Å². The first-order valence-electron chi connectivity index (χ1n) is 9.40. The Morgan fingerprint density at radius 1 is 1.06 bits per heavy atom. The molecule has 8 heteroatoms. The van der Waals surface area contributed by atoms with Gasteiger partial charge in [0.1, 0.15) is 0 Å². The highest BCUT2D eigenvalue weighted by atomic mass is 35.5. The third-order valence-corrected chi connectivity index (χ3v) is 6.73. The fourth-order valence-electron chi connectivity index (χ4n) is 2.93. The molecule has 0 spiro atoms. The number of halogens is 1. The van der Waals surface area contributed by atoms with Gasteiger partial charge in [-0.2, -0.15) is 9.57 Å². The first-order chi connectivity index (χ1) is 14.8. The molecular formula is C23H20ClN3O3S. The maximum Gasteiger partial charge on any atom is 0.243 e. The SMILES string of the molecule is Cc1ccc(S(=O)(=O)N(CC(=O)Nc2cccc(C#N)c2)Cc2ccccc2Cl)cc1. The zero-order valence-electron chi connectivity index (χ0n) is 16.7. The van der Waals surface area contributed by atoms with Gasteiger partial charge in [-0.15, -0.1) is 0 Å². The van der Waals surface area contributed by atoms with E-state index in [-0.39, 0.29) is 11.4 Å². The molecule has 0 saturated carbocycles. The summed E-state index contributed by atoms with van der Waals surface area (Å²) in [5.41, 5.74) is 2.30. The minimum atomic E-state index is -3.97. The topological polar surface area (TPSA) is 90.3 Å². The van der Waals surface area contributed by atoms with Crippen molar-refractivity contribution in [3.8, 4) is 6.07 Å². The molecule has 31 heavy (non-hydrogen) atoms. The van der Waals surface area contributed by atoms with Crippen LogP contribution in [-0.4, -0.2) is 25.2 Å². The van der Waals surface area contributed by atoms with Gasteiger partial charge in [-0.3, -0.25) is 4.79 Å². The summed E-state index contributed by atoms with van der Waals surface area (Å²) in [7, 11) is -3.97. The van der Waals surface area contributed by atoms with Crippen molar-refractivity contribution in [1.82, 2.24) is 4.31 Å². The van der Waals surface area contributed by atoms with Crippen LogP contribution in [-0.2, 0) is 21.4 Å². The summed E-state index contributed by atoms with van der Waals surface area (Å²) in [5, 5.41) is 12.1. The molecule has 0 aliphatic carbocycles. The zero-order chi connectivity index (χ0) is 22.4. The van der Waals surface area contributed by atoms with Gasteiger partial charge in [-0.1, -0.05) is 53.6 Å². The maximum atomic E-state index is 13.3. The average Bonchev–Trinajstić information content (AvgIpc) is 2.75. The molecule has 0 bridgehead atoms. The molecule has 0 unspecified atom stereocenters. The number of amides is 1. The molecule has 0 aliphatic heterocycles. The van der Waals surface area contributed by atoms with E-state index in [4.69, 9.17) is 16.9 Å². The lowest BCUT2D eigenvalue weighted by Crippen LogP contribution is -2.37. The first kappa shape index (κ1) is 22.5. The zero-order valence-corrected chi connectivity index (χ0v) is 18.3. The molecule has 158 valence electrons. The smallest absolute Gasteiger partial charge is 0.243 e. The van der Waals surface area contributed by atoms with Gasteiger partial charge in [0.25, 0.3) is 0 Å². The van der Waals surface area contributed by atoms with Crippen molar-refractivity contribution < 1.29 is 13.2 Å². The predicted molar refractivity (Wildman–Crippen MR) is 120 cm³/mol. The van der Waals surface area contributed by atoms with Gasteiger partial charge in [0, 0.05) is 17.3 Å². The fraction of sp³-hybridized carbons (Fsp3) is 0.130. The van der Waals surface area contributed by atoms with Crippen LogP contribution in [0.15, 0.2) is 77.7 Å². The predicted octanol–water partition coefficient (Wildman–Crippen LogP) is 4.35. The summed E-state index contributed by atoms with van der Waals surface area (Å²) >= 11 is 6.23. The third kappa shape index (κ3) is 5.70. The van der Waals surface area contributed by atoms with E-state index >= 15 is 0 Å². The van der Waals surface area contributed by atoms with E-state index in [0.717, 1.165) is 9.87 Å². The molecule has 0 aliphatic rings. The number of sulfonamides is 1. The minimum absolute atomic E-state index is 0.0679. The Balaban J connectivity index is 1.89. The number of hydrogen-bond acceptors (Lipinski definition) is 4. The molecule has 1 N–H and O–H groups in total. The number of nitriles is 1. The van der Waals surface area contributed by atoms with E-state index in [1.807, 2.05) is 13.0 Å². The van der Waals surface area contributed by atoms with Crippen LogP contribution >= 0.6 is 11.6 Å². The lowest BCUT2D eigenvalue weighted by molar-refractivity contribution is -0.116. The number of hydrogen-bond donors (Lipinski definition) is 1. The van der Waals surface area contributed by atoms with E-state index < -0.39 is 22.5 Å². The Labute approximate surface area is 186 Å². The molecular weight excluding hydrogens is 434 g/mol. The summed E-state index contributed by atoms with van der Waals surface area (Å²) in [6.07, 6.45) is 0. The summed E-state index contributed by atoms with van der Waals surface area (Å²) in [4.78, 5) is 12.8. The Bertz CT molecular complexity index is 1240. The number of aryl methyl sites for hydroxylation is 1. The van der Waals surface area contributed by atoms with Crippen LogP contribution in [0.3, 0.4) is 0 Å². The average molecular weight is 454 g/mol. The van der Waals surface area contributed by atoms with Crippen LogP contribution in [0.2, 0.25) is 5.02 Å². The molecule has 3 rings (SSSR count). The highest BCUT2D eigenvalue weighted by Gasteiger charge is 2.27. The number of rotatable bonds is 7. The van der Waals surface area contributed by atoms with Gasteiger partial charge in [-0.25, -0.2) is 8.42 Å². The molecule has 0 fully saturated rings. The fourth-order valence-corrected chi connectivity index (χ4v) is 4.50. The highest BCUT2D eigenvalue weighted by molar-refractivity contribution is 7.89. The molecule has 6 nitrogen and oxygen atoms in total. The molecule has 0 saturated heterocycles. The van der Waals surface area contributed by atoms with E-state index in [2.05, 4.69) is 5.32 Å². The van der Waals surface area contributed by atoms with Crippen LogP contribution in [0.25, 0.3) is 0 Å². The quantitative estimate of drug-likeness (QED) is 0.575. The third-order valence-electron chi connectivity index (χ3n) is 4.56. The van der Waals surface area contributed by atoms with E-state index in [9.17, 15) is 13.2 Å².